The van der Waals surface area contributed by atoms with Crippen molar-refractivity contribution in [3.8, 4) is 0 Å². The molecule has 1 saturated heterocycles. The van der Waals surface area contributed by atoms with Gasteiger partial charge >= 0.3 is 6.03 Å². The molecule has 1 N–H and O–H groups in total. The van der Waals surface area contributed by atoms with E-state index in [9.17, 15) is 13.2 Å². The molecule has 2 amide bonds. The highest BCUT2D eigenvalue weighted by atomic mass is 35.5. The lowest BCUT2D eigenvalue weighted by Crippen LogP contribution is -2.54. The van der Waals surface area contributed by atoms with Gasteiger partial charge in [-0.3, -0.25) is 5.32 Å². The van der Waals surface area contributed by atoms with Gasteiger partial charge in [0.25, 0.3) is 0 Å². The minimum absolute atomic E-state index is 0.000701. The number of hydrogen-bond acceptors (Lipinski definition) is 5. The van der Waals surface area contributed by atoms with E-state index in [0.717, 1.165) is 25.7 Å². The number of carbonyl (C=O) groups is 1. The average molecular weight is 483 g/mol. The molecule has 2 heterocycles. The van der Waals surface area contributed by atoms with E-state index < -0.39 is 10.0 Å². The molecule has 168 valence electrons. The van der Waals surface area contributed by atoms with Crippen LogP contribution in [0.15, 0.2) is 41.4 Å². The Morgan fingerprint density at radius 1 is 1.06 bits per heavy atom. The molecule has 1 saturated carbocycles. The Bertz CT molecular complexity index is 985. The molecule has 0 atom stereocenters. The first-order valence-corrected chi connectivity index (χ1v) is 13.3. The second-order valence-corrected chi connectivity index (χ2v) is 11.6. The van der Waals surface area contributed by atoms with Crippen LogP contribution < -0.4 is 5.32 Å². The van der Waals surface area contributed by atoms with Crippen LogP contribution in [-0.2, 0) is 10.0 Å². The number of piperidine rings is 1. The number of urea groups is 1. The Morgan fingerprint density at radius 3 is 2.32 bits per heavy atom. The Labute approximate surface area is 192 Å². The van der Waals surface area contributed by atoms with Gasteiger partial charge in [0, 0.05) is 25.2 Å². The molecular weight excluding hydrogens is 456 g/mol. The first kappa shape index (κ1) is 22.5. The molecule has 0 radical (unpaired) electrons. The summed E-state index contributed by atoms with van der Waals surface area (Å²) in [6.45, 7) is 0.808. The number of hydrogen-bond donors (Lipinski definition) is 1. The summed E-state index contributed by atoms with van der Waals surface area (Å²) in [6, 6.07) is 8.54. The molecule has 2 fully saturated rings. The van der Waals surface area contributed by atoms with Crippen LogP contribution in [0.5, 0.6) is 0 Å². The van der Waals surface area contributed by atoms with E-state index in [1.54, 1.807) is 24.3 Å². The molecule has 1 aliphatic carbocycles. The highest BCUT2D eigenvalue weighted by Crippen LogP contribution is 2.31. The second-order valence-electron chi connectivity index (χ2n) is 8.05. The Morgan fingerprint density at radius 2 is 1.71 bits per heavy atom. The number of anilines is 1. The molecular formula is C21H27ClN4O3S2. The molecule has 4 rings (SSSR count). The van der Waals surface area contributed by atoms with Crippen LogP contribution in [-0.4, -0.2) is 53.8 Å². The summed E-state index contributed by atoms with van der Waals surface area (Å²) >= 11 is 7.20. The molecule has 1 aliphatic heterocycles. The van der Waals surface area contributed by atoms with Crippen molar-refractivity contribution in [1.82, 2.24) is 14.2 Å². The number of amides is 2. The van der Waals surface area contributed by atoms with Gasteiger partial charge in [-0.15, -0.1) is 0 Å². The van der Waals surface area contributed by atoms with Crippen molar-refractivity contribution < 1.29 is 13.2 Å². The van der Waals surface area contributed by atoms with Crippen LogP contribution in [0.4, 0.5) is 9.93 Å². The number of sulfonamides is 1. The third-order valence-electron chi connectivity index (χ3n) is 6.09. The number of nitrogens with one attached hydrogen (secondary N) is 1. The molecule has 0 bridgehead atoms. The molecule has 1 aromatic carbocycles. The number of aromatic nitrogens is 1. The number of rotatable bonds is 5. The summed E-state index contributed by atoms with van der Waals surface area (Å²) in [5, 5.41) is 3.39. The average Bonchev–Trinajstić information content (AvgIpc) is 3.20. The van der Waals surface area contributed by atoms with Gasteiger partial charge in [-0.05, 0) is 37.8 Å². The van der Waals surface area contributed by atoms with Crippen molar-refractivity contribution >= 4 is 44.1 Å². The van der Waals surface area contributed by atoms with Crippen LogP contribution in [0.1, 0.15) is 44.9 Å². The number of halogens is 1. The summed E-state index contributed by atoms with van der Waals surface area (Å²) in [7, 11) is -3.51. The largest absolute Gasteiger partial charge is 0.324 e. The van der Waals surface area contributed by atoms with Crippen LogP contribution in [0.2, 0.25) is 4.34 Å². The maximum Gasteiger partial charge on any atom is 0.324 e. The summed E-state index contributed by atoms with van der Waals surface area (Å²) in [6.07, 6.45) is 8.14. The van der Waals surface area contributed by atoms with Gasteiger partial charge in [0.05, 0.1) is 11.1 Å². The molecule has 10 heteroatoms. The zero-order valence-corrected chi connectivity index (χ0v) is 19.6. The number of nitrogens with zero attached hydrogens (tertiary/aromatic N) is 3. The van der Waals surface area contributed by atoms with Crippen molar-refractivity contribution in [2.75, 3.05) is 18.4 Å². The highest BCUT2D eigenvalue weighted by Gasteiger charge is 2.37. The maximum atomic E-state index is 13.2. The van der Waals surface area contributed by atoms with E-state index in [2.05, 4.69) is 10.3 Å². The molecule has 0 spiro atoms. The molecule has 1 aromatic heterocycles. The summed E-state index contributed by atoms with van der Waals surface area (Å²) in [5.41, 5.74) is 0. The van der Waals surface area contributed by atoms with E-state index in [1.807, 2.05) is 11.0 Å². The van der Waals surface area contributed by atoms with Crippen LogP contribution in [0, 0.1) is 0 Å². The topological polar surface area (TPSA) is 82.6 Å². The maximum absolute atomic E-state index is 13.2. The van der Waals surface area contributed by atoms with Crippen LogP contribution in [0.3, 0.4) is 0 Å². The summed E-state index contributed by atoms with van der Waals surface area (Å²) in [5.74, 6) is 0. The number of carbonyl (C=O) groups excluding carboxylic acids is 1. The van der Waals surface area contributed by atoms with Crippen molar-refractivity contribution in [3.05, 3.63) is 40.9 Å². The minimum Gasteiger partial charge on any atom is -0.318 e. The quantitative estimate of drug-likeness (QED) is 0.662. The standard InChI is InChI=1S/C21H27ClN4O3S2/c22-19-15-23-20(30-19)24-21(27)26(16-7-3-1-4-8-16)17-11-13-25(14-12-17)31(28,29)18-9-5-2-6-10-18/h2,5-6,9-10,15-17H,1,3-4,7-8,11-14H2,(H,23,24,27). The monoisotopic (exact) mass is 482 g/mol. The Hall–Kier alpha value is -1.68. The van der Waals surface area contributed by atoms with E-state index in [4.69, 9.17) is 11.6 Å². The van der Waals surface area contributed by atoms with E-state index in [0.29, 0.717) is 40.3 Å². The fraction of sp³-hybridized carbons (Fsp3) is 0.524. The van der Waals surface area contributed by atoms with Crippen molar-refractivity contribution in [1.29, 1.82) is 0 Å². The highest BCUT2D eigenvalue weighted by molar-refractivity contribution is 7.89. The lowest BCUT2D eigenvalue weighted by Gasteiger charge is -2.43. The first-order valence-electron chi connectivity index (χ1n) is 10.7. The summed E-state index contributed by atoms with van der Waals surface area (Å²) < 4.78 is 28.0. The normalized spacial score (nSPS) is 19.3. The summed E-state index contributed by atoms with van der Waals surface area (Å²) in [4.78, 5) is 19.6. The van der Waals surface area contributed by atoms with Crippen molar-refractivity contribution in [2.24, 2.45) is 0 Å². The Balaban J connectivity index is 1.47. The predicted molar refractivity (Wildman–Crippen MR) is 123 cm³/mol. The fourth-order valence-electron chi connectivity index (χ4n) is 4.56. The third kappa shape index (κ3) is 5.22. The zero-order valence-electron chi connectivity index (χ0n) is 17.2. The molecule has 31 heavy (non-hydrogen) atoms. The smallest absolute Gasteiger partial charge is 0.318 e. The van der Waals surface area contributed by atoms with Gasteiger partial charge in [0.1, 0.15) is 4.34 Å². The Kier molecular flexibility index (Phi) is 7.15. The van der Waals surface area contributed by atoms with Gasteiger partial charge in [-0.2, -0.15) is 4.31 Å². The van der Waals surface area contributed by atoms with E-state index in [1.165, 1.54) is 28.3 Å². The van der Waals surface area contributed by atoms with Gasteiger partial charge in [-0.1, -0.05) is 60.4 Å². The van der Waals surface area contributed by atoms with Gasteiger partial charge in [-0.25, -0.2) is 18.2 Å². The van der Waals surface area contributed by atoms with Crippen LogP contribution in [0.25, 0.3) is 0 Å². The van der Waals surface area contributed by atoms with E-state index >= 15 is 0 Å². The van der Waals surface area contributed by atoms with Gasteiger partial charge < -0.3 is 4.90 Å². The predicted octanol–water partition coefficient (Wildman–Crippen LogP) is 4.82. The van der Waals surface area contributed by atoms with E-state index in [-0.39, 0.29) is 18.1 Å². The second kappa shape index (κ2) is 9.85. The molecule has 7 nitrogen and oxygen atoms in total. The zero-order chi connectivity index (χ0) is 21.8. The molecule has 2 aromatic rings. The van der Waals surface area contributed by atoms with Gasteiger partial charge in [0.2, 0.25) is 10.0 Å². The minimum atomic E-state index is -3.51. The number of benzene rings is 1. The molecule has 2 aliphatic rings. The lowest BCUT2D eigenvalue weighted by molar-refractivity contribution is 0.106. The lowest BCUT2D eigenvalue weighted by atomic mass is 9.91. The first-order chi connectivity index (χ1) is 14.9. The SMILES string of the molecule is O=C(Nc1ncc(Cl)s1)N(C1CCCCC1)C1CCN(S(=O)(=O)c2ccccc2)CC1. The van der Waals surface area contributed by atoms with Gasteiger partial charge in [0.15, 0.2) is 5.13 Å². The molecule has 0 unspecified atom stereocenters. The number of thiazole rings is 1. The van der Waals surface area contributed by atoms with Crippen molar-refractivity contribution in [2.45, 2.75) is 61.9 Å². The third-order valence-corrected chi connectivity index (χ3v) is 9.03. The fourth-order valence-corrected chi connectivity index (χ4v) is 6.85. The van der Waals surface area contributed by atoms with Crippen LogP contribution >= 0.6 is 22.9 Å². The van der Waals surface area contributed by atoms with Crippen molar-refractivity contribution in [3.63, 3.8) is 0 Å².